The van der Waals surface area contributed by atoms with Gasteiger partial charge in [-0.05, 0) is 127 Å². The normalized spacial score (nSPS) is 11.6. The van der Waals surface area contributed by atoms with Crippen molar-refractivity contribution in [3.8, 4) is 34.6 Å². The van der Waals surface area contributed by atoms with Crippen LogP contribution < -0.4 is 4.90 Å². The minimum atomic E-state index is -0.0620. The Kier molecular flexibility index (Phi) is 10.8. The molecule has 296 valence electrons. The number of aryl methyl sites for hydroxylation is 3. The molecule has 11 nitrogen and oxygen atoms in total. The first kappa shape index (κ1) is 38.5. The number of pyridine rings is 2. The fourth-order valence-corrected chi connectivity index (χ4v) is 8.30. The van der Waals surface area contributed by atoms with Crippen molar-refractivity contribution in [1.29, 1.82) is 0 Å². The first-order chi connectivity index (χ1) is 28.3. The van der Waals surface area contributed by atoms with Crippen LogP contribution in [0.15, 0.2) is 91.0 Å². The van der Waals surface area contributed by atoms with E-state index in [4.69, 9.17) is 24.9 Å². The molecule has 5 heterocycles. The van der Waals surface area contributed by atoms with Gasteiger partial charge in [0.1, 0.15) is 22.8 Å². The molecule has 11 heteroatoms. The minimum absolute atomic E-state index is 0.0620. The highest BCUT2D eigenvalue weighted by Crippen LogP contribution is 2.31. The van der Waals surface area contributed by atoms with Gasteiger partial charge in [-0.2, -0.15) is 0 Å². The predicted octanol–water partition coefficient (Wildman–Crippen LogP) is 9.51. The van der Waals surface area contributed by atoms with E-state index in [1.165, 1.54) is 5.56 Å². The van der Waals surface area contributed by atoms with Crippen LogP contribution in [0.2, 0.25) is 0 Å². The van der Waals surface area contributed by atoms with Crippen molar-refractivity contribution in [2.24, 2.45) is 0 Å². The first-order valence-electron chi connectivity index (χ1n) is 20.8. The molecule has 0 atom stereocenters. The van der Waals surface area contributed by atoms with Gasteiger partial charge in [0.25, 0.3) is 5.91 Å². The number of hydrogen-bond acceptors (Lipinski definition) is 7. The van der Waals surface area contributed by atoms with Gasteiger partial charge in [-0.3, -0.25) is 4.79 Å². The minimum Gasteiger partial charge on any atom is -0.372 e. The number of rotatable bonds is 14. The smallest absolute Gasteiger partial charge is 0.272 e. The van der Waals surface area contributed by atoms with Gasteiger partial charge < -0.3 is 23.5 Å². The van der Waals surface area contributed by atoms with Gasteiger partial charge in [0, 0.05) is 51.5 Å². The summed E-state index contributed by atoms with van der Waals surface area (Å²) in [6, 6.07) is 31.5. The number of anilines is 1. The number of carbonyl (C=O) groups excluding carboxylic acids is 1. The Morgan fingerprint density at radius 1 is 0.500 bits per heavy atom. The van der Waals surface area contributed by atoms with Crippen molar-refractivity contribution in [1.82, 2.24) is 43.5 Å². The Morgan fingerprint density at radius 3 is 1.55 bits per heavy atom. The lowest BCUT2D eigenvalue weighted by Gasteiger charge is -2.24. The molecule has 0 radical (unpaired) electrons. The SMILES string of the molecule is CCN(CC)C(=O)c1cc(N(CC)CC)cc(-c2nc3cc(Cc4ccc5c(c4)nc(-c4cccc(-c6nc7ccccc7n6CC)n4)n5CC)ccc3n2CC)n1. The van der Waals surface area contributed by atoms with Crippen molar-refractivity contribution in [3.05, 3.63) is 108 Å². The van der Waals surface area contributed by atoms with Crippen LogP contribution in [0.3, 0.4) is 0 Å². The van der Waals surface area contributed by atoms with E-state index in [9.17, 15) is 4.79 Å². The molecule has 0 spiro atoms. The second-order valence-corrected chi connectivity index (χ2v) is 14.5. The topological polar surface area (TPSA) is 103 Å². The van der Waals surface area contributed by atoms with Gasteiger partial charge in [0.2, 0.25) is 0 Å². The quantitative estimate of drug-likeness (QED) is 0.109. The third-order valence-corrected chi connectivity index (χ3v) is 11.3. The standard InChI is InChI=1S/C47H52N10O/c1-8-53(9-2)33-29-39(49-40(30-33)47(58)54(10-3)11-4)46-52-38-28-32(23-25-43(38)57(46)14-7)26-31-22-24-42-37(27-31)51-45(56(42)13-6)36-20-17-19-35(48-36)44-50-34-18-15-16-21-41(34)55(44)12-5/h15-25,27-30H,8-14,26H2,1-7H3. The summed E-state index contributed by atoms with van der Waals surface area (Å²) in [4.78, 5) is 43.1. The molecule has 0 N–H and O–H groups in total. The van der Waals surface area contributed by atoms with Gasteiger partial charge >= 0.3 is 0 Å². The fourth-order valence-electron chi connectivity index (χ4n) is 8.30. The summed E-state index contributed by atoms with van der Waals surface area (Å²) in [6.07, 6.45) is 0.730. The summed E-state index contributed by atoms with van der Waals surface area (Å²) in [7, 11) is 0. The first-order valence-corrected chi connectivity index (χ1v) is 20.8. The zero-order chi connectivity index (χ0) is 40.5. The molecule has 1 amide bonds. The molecule has 0 aliphatic heterocycles. The zero-order valence-electron chi connectivity index (χ0n) is 34.7. The average Bonchev–Trinajstić information content (AvgIpc) is 3.95. The number of nitrogens with zero attached hydrogens (tertiary/aromatic N) is 10. The van der Waals surface area contributed by atoms with E-state index in [-0.39, 0.29) is 5.91 Å². The lowest BCUT2D eigenvalue weighted by molar-refractivity contribution is 0.0767. The summed E-state index contributed by atoms with van der Waals surface area (Å²) in [5, 5.41) is 0. The zero-order valence-corrected chi connectivity index (χ0v) is 34.7. The van der Waals surface area contributed by atoms with Gasteiger partial charge in [-0.15, -0.1) is 0 Å². The largest absolute Gasteiger partial charge is 0.372 e. The van der Waals surface area contributed by atoms with E-state index in [0.29, 0.717) is 24.5 Å². The summed E-state index contributed by atoms with van der Waals surface area (Å²) in [6.45, 7) is 19.9. The second-order valence-electron chi connectivity index (χ2n) is 14.5. The van der Waals surface area contributed by atoms with Crippen LogP contribution in [0.5, 0.6) is 0 Å². The summed E-state index contributed by atoms with van der Waals surface area (Å²) >= 11 is 0. The van der Waals surface area contributed by atoms with Crippen LogP contribution in [0.4, 0.5) is 5.69 Å². The Labute approximate surface area is 340 Å². The second kappa shape index (κ2) is 16.2. The van der Waals surface area contributed by atoms with Crippen LogP contribution in [0.25, 0.3) is 67.7 Å². The summed E-state index contributed by atoms with van der Waals surface area (Å²) < 4.78 is 6.66. The molecular weight excluding hydrogens is 721 g/mol. The van der Waals surface area contributed by atoms with Crippen molar-refractivity contribution in [2.75, 3.05) is 31.1 Å². The summed E-state index contributed by atoms with van der Waals surface area (Å²) in [5.74, 6) is 2.41. The maximum atomic E-state index is 13.6. The average molecular weight is 773 g/mol. The Hall–Kier alpha value is -6.36. The molecule has 8 rings (SSSR count). The Bertz CT molecular complexity index is 2770. The fraction of sp³-hybridized carbons (Fsp3) is 0.319. The van der Waals surface area contributed by atoms with Crippen LogP contribution >= 0.6 is 0 Å². The maximum absolute atomic E-state index is 13.6. The van der Waals surface area contributed by atoms with E-state index in [1.54, 1.807) is 0 Å². The number of hydrogen-bond donors (Lipinski definition) is 0. The van der Waals surface area contributed by atoms with Crippen molar-refractivity contribution < 1.29 is 4.79 Å². The molecule has 0 bridgehead atoms. The van der Waals surface area contributed by atoms with Gasteiger partial charge in [-0.1, -0.05) is 30.3 Å². The molecule has 0 saturated carbocycles. The van der Waals surface area contributed by atoms with E-state index in [1.807, 2.05) is 49.1 Å². The lowest BCUT2D eigenvalue weighted by Crippen LogP contribution is -2.31. The monoisotopic (exact) mass is 772 g/mol. The maximum Gasteiger partial charge on any atom is 0.272 e. The van der Waals surface area contributed by atoms with E-state index >= 15 is 0 Å². The van der Waals surface area contributed by atoms with E-state index in [0.717, 1.165) is 112 Å². The molecular formula is C47H52N10O. The highest BCUT2D eigenvalue weighted by Gasteiger charge is 2.22. The highest BCUT2D eigenvalue weighted by molar-refractivity contribution is 5.94. The number of imidazole rings is 3. The molecule has 3 aromatic carbocycles. The van der Waals surface area contributed by atoms with Crippen molar-refractivity contribution >= 4 is 44.7 Å². The number of amides is 1. The number of benzene rings is 3. The molecule has 0 fully saturated rings. The third kappa shape index (κ3) is 6.88. The van der Waals surface area contributed by atoms with Gasteiger partial charge in [-0.25, -0.2) is 24.9 Å². The Balaban J connectivity index is 1.12. The molecule has 0 unspecified atom stereocenters. The third-order valence-electron chi connectivity index (χ3n) is 11.3. The highest BCUT2D eigenvalue weighted by atomic mass is 16.2. The van der Waals surface area contributed by atoms with Gasteiger partial charge in [0.15, 0.2) is 17.5 Å². The van der Waals surface area contributed by atoms with Crippen LogP contribution in [0, 0.1) is 0 Å². The van der Waals surface area contributed by atoms with Crippen LogP contribution in [0.1, 0.15) is 70.1 Å². The number of aromatic nitrogens is 8. The molecule has 8 aromatic rings. The lowest BCUT2D eigenvalue weighted by atomic mass is 10.0. The van der Waals surface area contributed by atoms with Crippen molar-refractivity contribution in [3.63, 3.8) is 0 Å². The van der Waals surface area contributed by atoms with Crippen molar-refractivity contribution in [2.45, 2.75) is 74.5 Å². The molecule has 58 heavy (non-hydrogen) atoms. The number of fused-ring (bicyclic) bond motifs is 3. The molecule has 0 aliphatic rings. The van der Waals surface area contributed by atoms with Crippen LogP contribution in [-0.2, 0) is 26.1 Å². The van der Waals surface area contributed by atoms with E-state index in [2.05, 4.69) is 114 Å². The van der Waals surface area contributed by atoms with E-state index < -0.39 is 0 Å². The molecule has 0 saturated heterocycles. The Morgan fingerprint density at radius 2 is 1.02 bits per heavy atom. The predicted molar refractivity (Wildman–Crippen MR) is 235 cm³/mol. The van der Waals surface area contributed by atoms with Crippen LogP contribution in [-0.4, -0.2) is 75.6 Å². The summed E-state index contributed by atoms with van der Waals surface area (Å²) in [5.41, 5.74) is 12.1. The molecule has 0 aliphatic carbocycles. The molecule has 5 aromatic heterocycles. The number of para-hydroxylation sites is 2. The van der Waals surface area contributed by atoms with Gasteiger partial charge in [0.05, 0.1) is 33.1 Å². The number of carbonyl (C=O) groups is 1.